The summed E-state index contributed by atoms with van der Waals surface area (Å²) in [6.07, 6.45) is 1.56. The van der Waals surface area contributed by atoms with Crippen molar-refractivity contribution in [2.75, 3.05) is 5.32 Å². The number of amides is 2. The standard InChI is InChI=1S/C16H16FN5O/c1-10-13-7-12(9-18-15(13)22(2)21-10)20-16(23)19-8-11-5-3-4-6-14(11)17/h3-7,9H,8H2,1-2H3,(H2,19,20,23). The molecular formula is C16H16FN5O. The first-order valence-electron chi connectivity index (χ1n) is 7.12. The van der Waals surface area contributed by atoms with Gasteiger partial charge in [-0.05, 0) is 19.1 Å². The Hall–Kier alpha value is -2.96. The van der Waals surface area contributed by atoms with E-state index in [9.17, 15) is 9.18 Å². The number of carbonyl (C=O) groups excluding carboxylic acids is 1. The highest BCUT2D eigenvalue weighted by Gasteiger charge is 2.09. The lowest BCUT2D eigenvalue weighted by Crippen LogP contribution is -2.28. The van der Waals surface area contributed by atoms with E-state index in [0.717, 1.165) is 16.7 Å². The van der Waals surface area contributed by atoms with Crippen LogP contribution >= 0.6 is 0 Å². The summed E-state index contributed by atoms with van der Waals surface area (Å²) in [5.74, 6) is -0.345. The molecule has 0 spiro atoms. The molecule has 0 aliphatic carbocycles. The average molecular weight is 313 g/mol. The zero-order valence-corrected chi connectivity index (χ0v) is 12.8. The lowest BCUT2D eigenvalue weighted by atomic mass is 10.2. The van der Waals surface area contributed by atoms with Crippen molar-refractivity contribution >= 4 is 22.8 Å². The van der Waals surface area contributed by atoms with Crippen molar-refractivity contribution in [2.45, 2.75) is 13.5 Å². The van der Waals surface area contributed by atoms with Crippen LogP contribution in [0.15, 0.2) is 36.5 Å². The number of urea groups is 1. The summed E-state index contributed by atoms with van der Waals surface area (Å²) in [4.78, 5) is 16.2. The predicted molar refractivity (Wildman–Crippen MR) is 85.5 cm³/mol. The quantitative estimate of drug-likeness (QED) is 0.781. The Kier molecular flexibility index (Phi) is 3.92. The molecule has 0 bridgehead atoms. The Morgan fingerprint density at radius 3 is 2.91 bits per heavy atom. The number of carbonyl (C=O) groups is 1. The van der Waals surface area contributed by atoms with E-state index in [1.165, 1.54) is 6.07 Å². The van der Waals surface area contributed by atoms with Gasteiger partial charge in [-0.15, -0.1) is 0 Å². The zero-order chi connectivity index (χ0) is 16.4. The van der Waals surface area contributed by atoms with E-state index < -0.39 is 6.03 Å². The van der Waals surface area contributed by atoms with Crippen LogP contribution in [0.3, 0.4) is 0 Å². The predicted octanol–water partition coefficient (Wildman–Crippen LogP) is 2.74. The Balaban J connectivity index is 1.68. The molecule has 0 aliphatic rings. The van der Waals surface area contributed by atoms with E-state index in [1.807, 2.05) is 20.0 Å². The molecule has 23 heavy (non-hydrogen) atoms. The van der Waals surface area contributed by atoms with Gasteiger partial charge in [0, 0.05) is 24.5 Å². The summed E-state index contributed by atoms with van der Waals surface area (Å²) in [6.45, 7) is 1.99. The Morgan fingerprint density at radius 2 is 2.13 bits per heavy atom. The van der Waals surface area contributed by atoms with E-state index in [1.54, 1.807) is 29.1 Å². The fourth-order valence-corrected chi connectivity index (χ4v) is 2.37. The molecule has 3 rings (SSSR count). The minimum Gasteiger partial charge on any atom is -0.334 e. The number of rotatable bonds is 3. The van der Waals surface area contributed by atoms with Gasteiger partial charge in [0.05, 0.1) is 17.6 Å². The molecule has 0 saturated carbocycles. The number of aromatic nitrogens is 3. The lowest BCUT2D eigenvalue weighted by Gasteiger charge is -2.08. The van der Waals surface area contributed by atoms with Crippen molar-refractivity contribution in [3.63, 3.8) is 0 Å². The van der Waals surface area contributed by atoms with Crippen LogP contribution in [0.2, 0.25) is 0 Å². The molecule has 7 heteroatoms. The maximum Gasteiger partial charge on any atom is 0.319 e. The fraction of sp³-hybridized carbons (Fsp3) is 0.188. The number of halogens is 1. The second-order valence-corrected chi connectivity index (χ2v) is 5.20. The molecular weight excluding hydrogens is 297 g/mol. The SMILES string of the molecule is Cc1nn(C)c2ncc(NC(=O)NCc3ccccc3F)cc12. The van der Waals surface area contributed by atoms with Crippen LogP contribution < -0.4 is 10.6 Å². The van der Waals surface area contributed by atoms with Crippen molar-refractivity contribution in [1.29, 1.82) is 0 Å². The smallest absolute Gasteiger partial charge is 0.319 e. The van der Waals surface area contributed by atoms with Crippen LogP contribution in [0.5, 0.6) is 0 Å². The molecule has 0 aliphatic heterocycles. The van der Waals surface area contributed by atoms with Crippen molar-refractivity contribution < 1.29 is 9.18 Å². The van der Waals surface area contributed by atoms with Gasteiger partial charge in [-0.2, -0.15) is 5.10 Å². The molecule has 2 aromatic heterocycles. The summed E-state index contributed by atoms with van der Waals surface area (Å²) in [5, 5.41) is 10.5. The van der Waals surface area contributed by atoms with Gasteiger partial charge >= 0.3 is 6.03 Å². The normalized spacial score (nSPS) is 10.7. The molecule has 0 fully saturated rings. The molecule has 118 valence electrons. The van der Waals surface area contributed by atoms with Gasteiger partial charge in [0.25, 0.3) is 0 Å². The van der Waals surface area contributed by atoms with Gasteiger partial charge < -0.3 is 10.6 Å². The number of hydrogen-bond donors (Lipinski definition) is 2. The fourth-order valence-electron chi connectivity index (χ4n) is 2.37. The minimum absolute atomic E-state index is 0.111. The van der Waals surface area contributed by atoms with Crippen molar-refractivity contribution in [1.82, 2.24) is 20.1 Å². The average Bonchev–Trinajstić information content (AvgIpc) is 2.81. The summed E-state index contributed by atoms with van der Waals surface area (Å²) in [5.41, 5.74) is 2.57. The highest BCUT2D eigenvalue weighted by atomic mass is 19.1. The first kappa shape index (κ1) is 15.0. The van der Waals surface area contributed by atoms with Crippen LogP contribution in [0, 0.1) is 12.7 Å². The van der Waals surface area contributed by atoms with E-state index in [-0.39, 0.29) is 12.4 Å². The Labute approximate surface area is 132 Å². The number of benzene rings is 1. The molecule has 0 unspecified atom stereocenters. The molecule has 3 aromatic rings. The molecule has 6 nitrogen and oxygen atoms in total. The number of fused-ring (bicyclic) bond motifs is 1. The van der Waals surface area contributed by atoms with Crippen LogP contribution in [-0.4, -0.2) is 20.8 Å². The molecule has 0 saturated heterocycles. The van der Waals surface area contributed by atoms with E-state index in [0.29, 0.717) is 11.3 Å². The van der Waals surface area contributed by atoms with Crippen molar-refractivity contribution in [2.24, 2.45) is 7.05 Å². The van der Waals surface area contributed by atoms with Gasteiger partial charge in [-0.25, -0.2) is 14.2 Å². The summed E-state index contributed by atoms with van der Waals surface area (Å²) in [7, 11) is 1.82. The topological polar surface area (TPSA) is 71.8 Å². The van der Waals surface area contributed by atoms with E-state index in [4.69, 9.17) is 0 Å². The second kappa shape index (κ2) is 6.04. The number of pyridine rings is 1. The summed E-state index contributed by atoms with van der Waals surface area (Å²) >= 11 is 0. The summed E-state index contributed by atoms with van der Waals surface area (Å²) < 4.78 is 15.2. The van der Waals surface area contributed by atoms with Crippen molar-refractivity contribution in [3.05, 3.63) is 53.6 Å². The van der Waals surface area contributed by atoms with Gasteiger partial charge in [-0.3, -0.25) is 4.68 Å². The highest BCUT2D eigenvalue weighted by molar-refractivity contribution is 5.91. The van der Waals surface area contributed by atoms with Crippen LogP contribution in [-0.2, 0) is 13.6 Å². The lowest BCUT2D eigenvalue weighted by molar-refractivity contribution is 0.251. The molecule has 2 amide bonds. The zero-order valence-electron chi connectivity index (χ0n) is 12.8. The van der Waals surface area contributed by atoms with Crippen LogP contribution in [0.4, 0.5) is 14.9 Å². The van der Waals surface area contributed by atoms with E-state index in [2.05, 4.69) is 20.7 Å². The van der Waals surface area contributed by atoms with Gasteiger partial charge in [0.1, 0.15) is 5.82 Å². The summed E-state index contributed by atoms with van der Waals surface area (Å²) in [6, 6.07) is 7.71. The Bertz CT molecular complexity index is 874. The molecule has 2 heterocycles. The number of anilines is 1. The van der Waals surface area contributed by atoms with Gasteiger partial charge in [-0.1, -0.05) is 18.2 Å². The third-order valence-electron chi connectivity index (χ3n) is 3.52. The number of aryl methyl sites for hydroxylation is 2. The Morgan fingerprint density at radius 1 is 1.35 bits per heavy atom. The third-order valence-corrected chi connectivity index (χ3v) is 3.52. The number of nitrogens with zero attached hydrogens (tertiary/aromatic N) is 3. The first-order chi connectivity index (χ1) is 11.0. The molecule has 0 radical (unpaired) electrons. The molecule has 2 N–H and O–H groups in total. The number of hydrogen-bond acceptors (Lipinski definition) is 3. The van der Waals surface area contributed by atoms with Crippen molar-refractivity contribution in [3.8, 4) is 0 Å². The van der Waals surface area contributed by atoms with Crippen LogP contribution in [0.25, 0.3) is 11.0 Å². The highest BCUT2D eigenvalue weighted by Crippen LogP contribution is 2.19. The number of nitrogens with one attached hydrogen (secondary N) is 2. The van der Waals surface area contributed by atoms with Gasteiger partial charge in [0.2, 0.25) is 0 Å². The molecule has 1 aromatic carbocycles. The third kappa shape index (κ3) is 3.13. The monoisotopic (exact) mass is 313 g/mol. The van der Waals surface area contributed by atoms with E-state index >= 15 is 0 Å². The van der Waals surface area contributed by atoms with Gasteiger partial charge in [0.15, 0.2) is 5.65 Å². The second-order valence-electron chi connectivity index (χ2n) is 5.20. The molecule has 0 atom stereocenters. The largest absolute Gasteiger partial charge is 0.334 e. The van der Waals surface area contributed by atoms with Crippen LogP contribution in [0.1, 0.15) is 11.3 Å². The maximum atomic E-state index is 13.5. The first-order valence-corrected chi connectivity index (χ1v) is 7.12. The maximum absolute atomic E-state index is 13.5. The minimum atomic E-state index is -0.420.